The van der Waals surface area contributed by atoms with E-state index in [0.29, 0.717) is 43.4 Å². The zero-order chi connectivity index (χ0) is 22.5. The van der Waals surface area contributed by atoms with Gasteiger partial charge in [0, 0.05) is 19.4 Å². The Morgan fingerprint density at radius 3 is 2.48 bits per heavy atom. The molecule has 2 rings (SSSR count). The second kappa shape index (κ2) is 14.6. The van der Waals surface area contributed by atoms with Crippen molar-refractivity contribution in [1.29, 1.82) is 0 Å². The molecule has 0 aromatic heterocycles. The van der Waals surface area contributed by atoms with Gasteiger partial charge < -0.3 is 15.4 Å². The lowest BCUT2D eigenvalue weighted by atomic mass is 9.76. The second-order valence-corrected chi connectivity index (χ2v) is 9.03. The average molecular weight is 455 g/mol. The van der Waals surface area contributed by atoms with Crippen molar-refractivity contribution >= 4 is 29.2 Å². The predicted octanol–water partition coefficient (Wildman–Crippen LogP) is 3.91. The van der Waals surface area contributed by atoms with Crippen LogP contribution in [0.4, 0.5) is 0 Å². The highest BCUT2D eigenvalue weighted by Crippen LogP contribution is 2.46. The minimum absolute atomic E-state index is 0.0519. The van der Waals surface area contributed by atoms with Crippen molar-refractivity contribution in [2.24, 2.45) is 11.8 Å². The first-order valence-corrected chi connectivity index (χ1v) is 12.5. The molecule has 0 saturated carbocycles. The van der Waals surface area contributed by atoms with Crippen molar-refractivity contribution in [1.82, 2.24) is 10.6 Å². The standard InChI is InChI=1S/C24H39ClN2O4/c1-2-3-6-11-23(29)27-17-24(30)26-15-14-20-19(21-12-13-22(20)31-21)10-8-5-4-7-9-18(28)16-25/h5,8,19-22H,2-4,6-7,9-17H2,1H3,(H,26,30)(H,27,29)/t19-,20+,21-,22+/m0/s1. The Labute approximate surface area is 191 Å². The molecule has 0 spiro atoms. The second-order valence-electron chi connectivity index (χ2n) is 8.76. The van der Waals surface area contributed by atoms with Crippen LogP contribution in [0.1, 0.15) is 77.6 Å². The van der Waals surface area contributed by atoms with Crippen molar-refractivity contribution in [3.8, 4) is 0 Å². The summed E-state index contributed by atoms with van der Waals surface area (Å²) < 4.78 is 6.14. The fourth-order valence-corrected chi connectivity index (χ4v) is 4.83. The van der Waals surface area contributed by atoms with Gasteiger partial charge in [0.1, 0.15) is 5.78 Å². The molecular weight excluding hydrogens is 416 g/mol. The van der Waals surface area contributed by atoms with Gasteiger partial charge in [-0.25, -0.2) is 0 Å². The molecule has 31 heavy (non-hydrogen) atoms. The lowest BCUT2D eigenvalue weighted by molar-refractivity contribution is -0.126. The van der Waals surface area contributed by atoms with Crippen LogP contribution in [-0.4, -0.2) is 48.8 Å². The highest BCUT2D eigenvalue weighted by atomic mass is 35.5. The summed E-state index contributed by atoms with van der Waals surface area (Å²) in [5.74, 6) is 0.991. The van der Waals surface area contributed by atoms with Crippen molar-refractivity contribution in [3.05, 3.63) is 12.2 Å². The van der Waals surface area contributed by atoms with E-state index in [1.807, 2.05) is 0 Å². The Morgan fingerprint density at radius 1 is 0.968 bits per heavy atom. The van der Waals surface area contributed by atoms with Gasteiger partial charge in [-0.15, -0.1) is 11.6 Å². The number of Topliss-reactive ketones (excluding diaryl/α,β-unsaturated/α-hetero) is 1. The molecule has 2 amide bonds. The maximum Gasteiger partial charge on any atom is 0.239 e. The molecule has 0 aromatic rings. The average Bonchev–Trinajstić information content (AvgIpc) is 3.37. The van der Waals surface area contributed by atoms with E-state index in [-0.39, 0.29) is 30.0 Å². The van der Waals surface area contributed by atoms with Crippen molar-refractivity contribution in [3.63, 3.8) is 0 Å². The topological polar surface area (TPSA) is 84.5 Å². The lowest BCUT2D eigenvalue weighted by Crippen LogP contribution is -2.38. The molecule has 0 aliphatic carbocycles. The number of unbranched alkanes of at least 4 members (excludes halogenated alkanes) is 3. The van der Waals surface area contributed by atoms with Gasteiger partial charge in [0.25, 0.3) is 0 Å². The molecule has 0 unspecified atom stereocenters. The van der Waals surface area contributed by atoms with Gasteiger partial charge in [0.2, 0.25) is 11.8 Å². The van der Waals surface area contributed by atoms with E-state index in [2.05, 4.69) is 29.7 Å². The van der Waals surface area contributed by atoms with Crippen LogP contribution in [0.15, 0.2) is 12.2 Å². The van der Waals surface area contributed by atoms with Gasteiger partial charge in [-0.2, -0.15) is 0 Å². The first-order valence-electron chi connectivity index (χ1n) is 12.0. The van der Waals surface area contributed by atoms with E-state index < -0.39 is 0 Å². The first kappa shape index (κ1) is 25.9. The molecule has 7 heteroatoms. The van der Waals surface area contributed by atoms with Crippen molar-refractivity contribution in [2.75, 3.05) is 19.0 Å². The number of hydrogen-bond donors (Lipinski definition) is 2. The highest BCUT2D eigenvalue weighted by Gasteiger charge is 2.47. The number of allylic oxidation sites excluding steroid dienone is 2. The third-order valence-electron chi connectivity index (χ3n) is 6.39. The molecule has 2 fully saturated rings. The van der Waals surface area contributed by atoms with Crippen LogP contribution in [0.5, 0.6) is 0 Å². The SMILES string of the molecule is CCCCCC(=O)NCC(=O)NCC[C@@H]1[C@H](CC=CCCCC(=O)CCl)[C@@H]2CC[C@H]1O2. The predicted molar refractivity (Wildman–Crippen MR) is 123 cm³/mol. The molecule has 2 N–H and O–H groups in total. The van der Waals surface area contributed by atoms with Gasteiger partial charge in [-0.1, -0.05) is 31.9 Å². The fraction of sp³-hybridized carbons (Fsp3) is 0.792. The van der Waals surface area contributed by atoms with Crippen LogP contribution in [0.25, 0.3) is 0 Å². The van der Waals surface area contributed by atoms with Gasteiger partial charge >= 0.3 is 0 Å². The molecule has 2 aliphatic heterocycles. The number of amides is 2. The fourth-order valence-electron chi connectivity index (χ4n) is 4.70. The van der Waals surface area contributed by atoms with Crippen LogP contribution in [0.3, 0.4) is 0 Å². The summed E-state index contributed by atoms with van der Waals surface area (Å²) in [7, 11) is 0. The van der Waals surface area contributed by atoms with E-state index in [4.69, 9.17) is 16.3 Å². The van der Waals surface area contributed by atoms with Crippen LogP contribution in [0.2, 0.25) is 0 Å². The number of fused-ring (bicyclic) bond motifs is 2. The number of ketones is 1. The van der Waals surface area contributed by atoms with E-state index in [1.54, 1.807) is 0 Å². The molecule has 6 nitrogen and oxygen atoms in total. The number of nitrogens with one attached hydrogen (secondary N) is 2. The monoisotopic (exact) mass is 454 g/mol. The summed E-state index contributed by atoms with van der Waals surface area (Å²) in [5.41, 5.74) is 0. The molecular formula is C24H39ClN2O4. The minimum atomic E-state index is -0.129. The number of ether oxygens (including phenoxy) is 1. The molecule has 0 aromatic carbocycles. The van der Waals surface area contributed by atoms with E-state index >= 15 is 0 Å². The van der Waals surface area contributed by atoms with Crippen LogP contribution < -0.4 is 10.6 Å². The smallest absolute Gasteiger partial charge is 0.239 e. The molecule has 2 bridgehead atoms. The van der Waals surface area contributed by atoms with Gasteiger partial charge in [0.05, 0.1) is 24.6 Å². The Bertz CT molecular complexity index is 610. The minimum Gasteiger partial charge on any atom is -0.374 e. The maximum absolute atomic E-state index is 12.0. The Balaban J connectivity index is 1.63. The summed E-state index contributed by atoms with van der Waals surface area (Å²) >= 11 is 5.52. The summed E-state index contributed by atoms with van der Waals surface area (Å²) in [5, 5.41) is 5.64. The van der Waals surface area contributed by atoms with E-state index in [9.17, 15) is 14.4 Å². The van der Waals surface area contributed by atoms with Crippen LogP contribution in [0, 0.1) is 11.8 Å². The van der Waals surface area contributed by atoms with Gasteiger partial charge in [0.15, 0.2) is 0 Å². The maximum atomic E-state index is 12.0. The number of carbonyl (C=O) groups is 3. The Morgan fingerprint density at radius 2 is 1.74 bits per heavy atom. The summed E-state index contributed by atoms with van der Waals surface area (Å²) in [6.07, 6.45) is 14.9. The van der Waals surface area contributed by atoms with E-state index in [0.717, 1.165) is 57.8 Å². The normalized spacial score (nSPS) is 24.6. The largest absolute Gasteiger partial charge is 0.374 e. The molecule has 0 radical (unpaired) electrons. The zero-order valence-corrected chi connectivity index (χ0v) is 19.6. The van der Waals surface area contributed by atoms with Crippen molar-refractivity contribution in [2.45, 2.75) is 89.8 Å². The molecule has 2 aliphatic rings. The Kier molecular flexibility index (Phi) is 12.2. The number of hydrogen-bond acceptors (Lipinski definition) is 4. The van der Waals surface area contributed by atoms with E-state index in [1.165, 1.54) is 0 Å². The quantitative estimate of drug-likeness (QED) is 0.210. The first-order chi connectivity index (χ1) is 15.0. The molecule has 4 atom stereocenters. The van der Waals surface area contributed by atoms with Crippen molar-refractivity contribution < 1.29 is 19.1 Å². The van der Waals surface area contributed by atoms with Gasteiger partial charge in [-0.3, -0.25) is 14.4 Å². The summed E-state index contributed by atoms with van der Waals surface area (Å²) in [4.78, 5) is 35.0. The Hall–Kier alpha value is -1.40. The molecule has 2 saturated heterocycles. The van der Waals surface area contributed by atoms with Crippen LogP contribution >= 0.6 is 11.6 Å². The summed E-state index contributed by atoms with van der Waals surface area (Å²) in [6.45, 7) is 2.76. The lowest BCUT2D eigenvalue weighted by Gasteiger charge is -2.27. The number of carbonyl (C=O) groups excluding carboxylic acids is 3. The zero-order valence-electron chi connectivity index (χ0n) is 18.9. The number of alkyl halides is 1. The van der Waals surface area contributed by atoms with Crippen LogP contribution in [-0.2, 0) is 19.1 Å². The number of halogens is 1. The molecule has 2 heterocycles. The third kappa shape index (κ3) is 9.32. The third-order valence-corrected chi connectivity index (χ3v) is 6.69. The van der Waals surface area contributed by atoms with Gasteiger partial charge in [-0.05, 0) is 56.8 Å². The summed E-state index contributed by atoms with van der Waals surface area (Å²) in [6, 6.07) is 0. The molecule has 176 valence electrons. The highest BCUT2D eigenvalue weighted by molar-refractivity contribution is 6.27. The number of rotatable bonds is 16.